The maximum absolute atomic E-state index is 12.9. The van der Waals surface area contributed by atoms with E-state index < -0.39 is 0 Å². The Labute approximate surface area is 85.4 Å². The lowest BCUT2D eigenvalue weighted by atomic mass is 10.1. The van der Waals surface area contributed by atoms with E-state index in [-0.39, 0.29) is 5.82 Å². The number of halogens is 2. The molecule has 0 aliphatic rings. The molecule has 1 aromatic heterocycles. The van der Waals surface area contributed by atoms with Crippen molar-refractivity contribution in [2.24, 2.45) is 0 Å². The third-order valence-electron chi connectivity index (χ3n) is 1.74. The molecule has 0 amide bonds. The lowest BCUT2D eigenvalue weighted by molar-refractivity contribution is 0.628. The summed E-state index contributed by atoms with van der Waals surface area (Å²) >= 11 is 5.74. The van der Waals surface area contributed by atoms with Crippen molar-refractivity contribution < 1.29 is 4.39 Å². The van der Waals surface area contributed by atoms with Gasteiger partial charge in [-0.1, -0.05) is 23.7 Å². The lowest BCUT2D eigenvalue weighted by Crippen LogP contribution is -1.87. The van der Waals surface area contributed by atoms with Gasteiger partial charge in [-0.3, -0.25) is 0 Å². The van der Waals surface area contributed by atoms with E-state index in [2.05, 4.69) is 10.2 Å². The molecular weight excluding hydrogens is 203 g/mol. The molecule has 0 saturated carbocycles. The Hall–Kier alpha value is -1.48. The van der Waals surface area contributed by atoms with Crippen LogP contribution in [-0.4, -0.2) is 10.2 Å². The van der Waals surface area contributed by atoms with Crippen LogP contribution in [0.15, 0.2) is 36.5 Å². The highest BCUT2D eigenvalue weighted by Gasteiger charge is 2.01. The minimum atomic E-state index is -0.302. The molecule has 1 heterocycles. The van der Waals surface area contributed by atoms with Gasteiger partial charge in [0.15, 0.2) is 0 Å². The molecule has 4 heteroatoms. The molecule has 0 spiro atoms. The van der Waals surface area contributed by atoms with E-state index >= 15 is 0 Å². The molecule has 0 aliphatic heterocycles. The largest absolute Gasteiger partial charge is 0.207 e. The lowest BCUT2D eigenvalue weighted by Gasteiger charge is -1.99. The normalized spacial score (nSPS) is 10.1. The number of rotatable bonds is 1. The second-order valence-corrected chi connectivity index (χ2v) is 3.21. The van der Waals surface area contributed by atoms with Crippen LogP contribution >= 0.6 is 11.6 Å². The van der Waals surface area contributed by atoms with Crippen LogP contribution in [-0.2, 0) is 0 Å². The average molecular weight is 209 g/mol. The third kappa shape index (κ3) is 1.88. The third-order valence-corrected chi connectivity index (χ3v) is 1.95. The Morgan fingerprint density at radius 2 is 2.07 bits per heavy atom. The van der Waals surface area contributed by atoms with Gasteiger partial charge in [0, 0.05) is 5.56 Å². The first kappa shape index (κ1) is 9.09. The first-order valence-corrected chi connectivity index (χ1v) is 4.38. The molecular formula is C10H6ClFN2. The molecule has 0 radical (unpaired) electrons. The highest BCUT2D eigenvalue weighted by Crippen LogP contribution is 2.19. The summed E-state index contributed by atoms with van der Waals surface area (Å²) in [5, 5.41) is 8.02. The molecule has 0 saturated heterocycles. The van der Waals surface area contributed by atoms with E-state index in [0.717, 1.165) is 0 Å². The van der Waals surface area contributed by atoms with E-state index in [1.807, 2.05) is 0 Å². The summed E-state index contributed by atoms with van der Waals surface area (Å²) in [6.45, 7) is 0. The molecule has 2 nitrogen and oxygen atoms in total. The van der Waals surface area contributed by atoms with Gasteiger partial charge in [-0.05, 0) is 18.2 Å². The summed E-state index contributed by atoms with van der Waals surface area (Å²) in [7, 11) is 0. The molecule has 14 heavy (non-hydrogen) atoms. The fourth-order valence-electron chi connectivity index (χ4n) is 1.13. The fourth-order valence-corrected chi connectivity index (χ4v) is 1.28. The highest BCUT2D eigenvalue weighted by atomic mass is 35.5. The quantitative estimate of drug-likeness (QED) is 0.720. The van der Waals surface area contributed by atoms with Gasteiger partial charge in [0.1, 0.15) is 5.82 Å². The smallest absolute Gasteiger partial charge is 0.123 e. The van der Waals surface area contributed by atoms with Crippen molar-refractivity contribution in [3.05, 3.63) is 47.4 Å². The van der Waals surface area contributed by atoms with Crippen LogP contribution < -0.4 is 0 Å². The Morgan fingerprint density at radius 1 is 1.21 bits per heavy atom. The predicted molar refractivity (Wildman–Crippen MR) is 52.4 cm³/mol. The van der Waals surface area contributed by atoms with Crippen LogP contribution in [0.1, 0.15) is 0 Å². The van der Waals surface area contributed by atoms with Crippen LogP contribution in [0.3, 0.4) is 0 Å². The van der Waals surface area contributed by atoms with Crippen LogP contribution in [0.5, 0.6) is 0 Å². The number of benzene rings is 1. The molecule has 70 valence electrons. The van der Waals surface area contributed by atoms with Crippen LogP contribution in [0, 0.1) is 5.82 Å². The summed E-state index contributed by atoms with van der Waals surface area (Å²) < 4.78 is 12.9. The van der Waals surface area contributed by atoms with Crippen molar-refractivity contribution in [2.45, 2.75) is 0 Å². The van der Waals surface area contributed by atoms with E-state index in [1.54, 1.807) is 18.2 Å². The second-order valence-electron chi connectivity index (χ2n) is 2.77. The van der Waals surface area contributed by atoms with Crippen molar-refractivity contribution in [3.8, 4) is 11.3 Å². The van der Waals surface area contributed by atoms with E-state index in [4.69, 9.17) is 11.6 Å². The molecule has 0 bridgehead atoms. The Bertz CT molecular complexity index is 416. The Balaban J connectivity index is 2.49. The van der Waals surface area contributed by atoms with E-state index in [0.29, 0.717) is 16.3 Å². The van der Waals surface area contributed by atoms with Gasteiger partial charge in [-0.2, -0.15) is 10.2 Å². The summed E-state index contributed by atoms with van der Waals surface area (Å²) in [4.78, 5) is 0. The fraction of sp³-hybridized carbons (Fsp3) is 0. The maximum Gasteiger partial charge on any atom is 0.123 e. The van der Waals surface area contributed by atoms with E-state index in [9.17, 15) is 4.39 Å². The number of nitrogens with zero attached hydrogens (tertiary/aromatic N) is 2. The second kappa shape index (κ2) is 3.72. The zero-order valence-electron chi connectivity index (χ0n) is 7.11. The van der Waals surface area contributed by atoms with Gasteiger partial charge >= 0.3 is 0 Å². The van der Waals surface area contributed by atoms with Gasteiger partial charge in [-0.15, -0.1) is 0 Å². The van der Waals surface area contributed by atoms with E-state index in [1.165, 1.54) is 18.3 Å². The molecule has 2 rings (SSSR count). The van der Waals surface area contributed by atoms with Crippen molar-refractivity contribution in [2.75, 3.05) is 0 Å². The summed E-state index contributed by atoms with van der Waals surface area (Å²) in [5.41, 5.74) is 1.23. The van der Waals surface area contributed by atoms with Gasteiger partial charge in [0.25, 0.3) is 0 Å². The molecule has 0 atom stereocenters. The SMILES string of the molecule is Fc1cccc(-c2cc(Cl)cnn2)c1. The van der Waals surface area contributed by atoms with Gasteiger partial charge in [0.2, 0.25) is 0 Å². The number of aromatic nitrogens is 2. The predicted octanol–water partition coefficient (Wildman–Crippen LogP) is 2.94. The summed E-state index contributed by atoms with van der Waals surface area (Å²) in [6, 6.07) is 7.78. The van der Waals surface area contributed by atoms with Crippen LogP contribution in [0.4, 0.5) is 4.39 Å². The minimum Gasteiger partial charge on any atom is -0.207 e. The van der Waals surface area contributed by atoms with Crippen molar-refractivity contribution in [1.82, 2.24) is 10.2 Å². The number of hydrogen-bond acceptors (Lipinski definition) is 2. The zero-order chi connectivity index (χ0) is 9.97. The van der Waals surface area contributed by atoms with Crippen molar-refractivity contribution in [3.63, 3.8) is 0 Å². The topological polar surface area (TPSA) is 25.8 Å². The molecule has 0 unspecified atom stereocenters. The van der Waals surface area contributed by atoms with Gasteiger partial charge in [-0.25, -0.2) is 4.39 Å². The molecule has 1 aromatic carbocycles. The zero-order valence-corrected chi connectivity index (χ0v) is 7.87. The van der Waals surface area contributed by atoms with Gasteiger partial charge < -0.3 is 0 Å². The summed E-state index contributed by atoms with van der Waals surface area (Å²) in [6.07, 6.45) is 1.43. The first-order valence-electron chi connectivity index (χ1n) is 4.00. The Kier molecular flexibility index (Phi) is 2.41. The number of hydrogen-bond donors (Lipinski definition) is 0. The first-order chi connectivity index (χ1) is 6.75. The molecule has 0 fully saturated rings. The van der Waals surface area contributed by atoms with Gasteiger partial charge in [0.05, 0.1) is 16.9 Å². The average Bonchev–Trinajstić information content (AvgIpc) is 2.18. The van der Waals surface area contributed by atoms with Crippen LogP contribution in [0.25, 0.3) is 11.3 Å². The summed E-state index contributed by atoms with van der Waals surface area (Å²) in [5.74, 6) is -0.302. The molecule has 0 aliphatic carbocycles. The van der Waals surface area contributed by atoms with Crippen molar-refractivity contribution >= 4 is 11.6 Å². The van der Waals surface area contributed by atoms with Crippen LogP contribution in [0.2, 0.25) is 5.02 Å². The monoisotopic (exact) mass is 208 g/mol. The molecule has 0 N–H and O–H groups in total. The Morgan fingerprint density at radius 3 is 2.79 bits per heavy atom. The highest BCUT2D eigenvalue weighted by molar-refractivity contribution is 6.30. The minimum absolute atomic E-state index is 0.302. The molecule has 2 aromatic rings. The van der Waals surface area contributed by atoms with Crippen molar-refractivity contribution in [1.29, 1.82) is 0 Å². The maximum atomic E-state index is 12.9. The standard InChI is InChI=1S/C10H6ClFN2/c11-8-5-10(14-13-6-8)7-2-1-3-9(12)4-7/h1-6H.